The van der Waals surface area contributed by atoms with Crippen molar-refractivity contribution in [1.29, 1.82) is 0 Å². The van der Waals surface area contributed by atoms with Gasteiger partial charge in [-0.25, -0.2) is 10.2 Å². The smallest absolute Gasteiger partial charge is 0.343 e. The number of ether oxygens (including phenoxy) is 5. The maximum absolute atomic E-state index is 12.5. The standard InChI is InChI=1S/C27H27N3O8/c1-34-20-11-7-18(8-12-20)27(33)38-21-9-5-17(6-10-21)15-29-30-24(31)16-28-26(32)19-13-22(35-2)25(37-4)23(14-19)36-3/h5-15H,16H2,1-4H3,(H,28,32)(H,30,31)/b29-15-. The zero-order valence-corrected chi connectivity index (χ0v) is 21.3. The molecule has 0 spiro atoms. The maximum atomic E-state index is 12.5. The van der Waals surface area contributed by atoms with Gasteiger partial charge < -0.3 is 29.0 Å². The summed E-state index contributed by atoms with van der Waals surface area (Å²) in [5.41, 5.74) is 3.59. The normalized spacial score (nSPS) is 10.4. The molecule has 0 radical (unpaired) electrons. The van der Waals surface area contributed by atoms with Crippen molar-refractivity contribution >= 4 is 24.0 Å². The molecule has 0 saturated heterocycles. The Kier molecular flexibility index (Phi) is 9.64. The molecule has 0 heterocycles. The van der Waals surface area contributed by atoms with Crippen LogP contribution < -0.4 is 34.4 Å². The van der Waals surface area contributed by atoms with Crippen LogP contribution in [-0.4, -0.2) is 59.0 Å². The number of methoxy groups -OCH3 is 4. The number of esters is 1. The molecule has 0 saturated carbocycles. The number of hydrogen-bond acceptors (Lipinski definition) is 9. The van der Waals surface area contributed by atoms with Crippen LogP contribution in [0.4, 0.5) is 0 Å². The molecule has 38 heavy (non-hydrogen) atoms. The van der Waals surface area contributed by atoms with Gasteiger partial charge in [-0.2, -0.15) is 5.10 Å². The van der Waals surface area contributed by atoms with Gasteiger partial charge in [0.2, 0.25) is 5.75 Å². The number of hydrogen-bond donors (Lipinski definition) is 2. The quantitative estimate of drug-likeness (QED) is 0.170. The summed E-state index contributed by atoms with van der Waals surface area (Å²) in [5.74, 6) is 0.409. The first-order valence-electron chi connectivity index (χ1n) is 11.2. The maximum Gasteiger partial charge on any atom is 0.343 e. The second-order valence-electron chi connectivity index (χ2n) is 7.58. The molecule has 0 aromatic heterocycles. The number of carbonyl (C=O) groups is 3. The summed E-state index contributed by atoms with van der Waals surface area (Å²) >= 11 is 0. The topological polar surface area (TPSA) is 134 Å². The van der Waals surface area contributed by atoms with Crippen LogP contribution in [0.5, 0.6) is 28.7 Å². The van der Waals surface area contributed by atoms with Crippen LogP contribution >= 0.6 is 0 Å². The van der Waals surface area contributed by atoms with E-state index in [0.29, 0.717) is 39.9 Å². The molecular formula is C27H27N3O8. The Morgan fingerprint density at radius 2 is 1.37 bits per heavy atom. The van der Waals surface area contributed by atoms with E-state index in [2.05, 4.69) is 15.8 Å². The summed E-state index contributed by atoms with van der Waals surface area (Å²) < 4.78 is 26.1. The first kappa shape index (κ1) is 27.5. The van der Waals surface area contributed by atoms with Crippen molar-refractivity contribution in [2.75, 3.05) is 35.0 Å². The van der Waals surface area contributed by atoms with Crippen LogP contribution in [0, 0.1) is 0 Å². The number of rotatable bonds is 11. The Morgan fingerprint density at radius 1 is 0.763 bits per heavy atom. The van der Waals surface area contributed by atoms with Crippen molar-refractivity contribution in [3.05, 3.63) is 77.4 Å². The summed E-state index contributed by atoms with van der Waals surface area (Å²) in [5, 5.41) is 6.37. The zero-order chi connectivity index (χ0) is 27.5. The van der Waals surface area contributed by atoms with Crippen molar-refractivity contribution in [1.82, 2.24) is 10.7 Å². The Morgan fingerprint density at radius 3 is 1.92 bits per heavy atom. The highest BCUT2D eigenvalue weighted by molar-refractivity contribution is 5.97. The van der Waals surface area contributed by atoms with Gasteiger partial charge in [-0.05, 0) is 66.2 Å². The van der Waals surface area contributed by atoms with E-state index in [1.165, 1.54) is 39.7 Å². The van der Waals surface area contributed by atoms with Crippen LogP contribution in [0.3, 0.4) is 0 Å². The van der Waals surface area contributed by atoms with Crippen molar-refractivity contribution in [3.8, 4) is 28.7 Å². The van der Waals surface area contributed by atoms with E-state index >= 15 is 0 Å². The van der Waals surface area contributed by atoms with Gasteiger partial charge in [0, 0.05) is 5.56 Å². The van der Waals surface area contributed by atoms with Crippen molar-refractivity contribution in [2.24, 2.45) is 5.10 Å². The molecule has 0 atom stereocenters. The van der Waals surface area contributed by atoms with E-state index in [1.54, 1.807) is 55.6 Å². The average Bonchev–Trinajstić information content (AvgIpc) is 2.95. The minimum atomic E-state index is -0.535. The van der Waals surface area contributed by atoms with Gasteiger partial charge in [0.15, 0.2) is 11.5 Å². The summed E-state index contributed by atoms with van der Waals surface area (Å²) in [6, 6.07) is 16.0. The number of hydrazone groups is 1. The van der Waals surface area contributed by atoms with Crippen molar-refractivity contribution in [3.63, 3.8) is 0 Å². The molecule has 2 N–H and O–H groups in total. The van der Waals surface area contributed by atoms with Gasteiger partial charge in [0.1, 0.15) is 11.5 Å². The Balaban J connectivity index is 1.49. The Labute approximate surface area is 219 Å². The van der Waals surface area contributed by atoms with Crippen molar-refractivity contribution in [2.45, 2.75) is 0 Å². The zero-order valence-electron chi connectivity index (χ0n) is 21.3. The molecule has 11 nitrogen and oxygen atoms in total. The summed E-state index contributed by atoms with van der Waals surface area (Å²) in [6.45, 7) is -0.312. The van der Waals surface area contributed by atoms with E-state index in [9.17, 15) is 14.4 Å². The van der Waals surface area contributed by atoms with Gasteiger partial charge in [0.25, 0.3) is 11.8 Å². The fourth-order valence-electron chi connectivity index (χ4n) is 3.21. The van der Waals surface area contributed by atoms with Gasteiger partial charge in [-0.3, -0.25) is 9.59 Å². The number of carbonyl (C=O) groups excluding carboxylic acids is 3. The molecule has 0 aliphatic rings. The molecule has 3 aromatic rings. The minimum Gasteiger partial charge on any atom is -0.497 e. The van der Waals surface area contributed by atoms with Gasteiger partial charge in [-0.15, -0.1) is 0 Å². The van der Waals surface area contributed by atoms with E-state index < -0.39 is 17.8 Å². The third-order valence-corrected chi connectivity index (χ3v) is 5.16. The molecule has 2 amide bonds. The number of benzene rings is 3. The fraction of sp³-hybridized carbons (Fsp3) is 0.185. The molecule has 0 unspecified atom stereocenters. The van der Waals surface area contributed by atoms with Crippen LogP contribution in [0.2, 0.25) is 0 Å². The molecule has 3 rings (SSSR count). The van der Waals surface area contributed by atoms with E-state index in [-0.39, 0.29) is 12.1 Å². The van der Waals surface area contributed by atoms with Crippen LogP contribution in [0.1, 0.15) is 26.3 Å². The second kappa shape index (κ2) is 13.3. The molecule has 0 aliphatic carbocycles. The SMILES string of the molecule is COc1ccc(C(=O)Oc2ccc(/C=N\NC(=O)CNC(=O)c3cc(OC)c(OC)c(OC)c3)cc2)cc1. The third-order valence-electron chi connectivity index (χ3n) is 5.16. The lowest BCUT2D eigenvalue weighted by Crippen LogP contribution is -2.34. The van der Waals surface area contributed by atoms with Gasteiger partial charge in [-0.1, -0.05) is 0 Å². The van der Waals surface area contributed by atoms with Gasteiger partial charge in [0.05, 0.1) is 46.8 Å². The van der Waals surface area contributed by atoms with Crippen LogP contribution in [-0.2, 0) is 4.79 Å². The highest BCUT2D eigenvalue weighted by atomic mass is 16.5. The minimum absolute atomic E-state index is 0.226. The highest BCUT2D eigenvalue weighted by Crippen LogP contribution is 2.38. The number of nitrogens with zero attached hydrogens (tertiary/aromatic N) is 1. The fourth-order valence-corrected chi connectivity index (χ4v) is 3.21. The lowest BCUT2D eigenvalue weighted by molar-refractivity contribution is -0.120. The Hall–Kier alpha value is -5.06. The van der Waals surface area contributed by atoms with E-state index in [4.69, 9.17) is 23.7 Å². The summed E-state index contributed by atoms with van der Waals surface area (Å²) in [4.78, 5) is 36.8. The Bertz CT molecular complexity index is 1280. The van der Waals surface area contributed by atoms with Crippen molar-refractivity contribution < 1.29 is 38.1 Å². The second-order valence-corrected chi connectivity index (χ2v) is 7.58. The van der Waals surface area contributed by atoms with E-state index in [0.717, 1.165) is 0 Å². The highest BCUT2D eigenvalue weighted by Gasteiger charge is 2.17. The van der Waals surface area contributed by atoms with Crippen LogP contribution in [0.15, 0.2) is 65.8 Å². The average molecular weight is 522 g/mol. The molecular weight excluding hydrogens is 494 g/mol. The molecule has 198 valence electrons. The third kappa shape index (κ3) is 7.23. The molecule has 0 aliphatic heterocycles. The lowest BCUT2D eigenvalue weighted by atomic mass is 10.1. The molecule has 3 aromatic carbocycles. The first-order valence-corrected chi connectivity index (χ1v) is 11.2. The molecule has 0 fully saturated rings. The monoisotopic (exact) mass is 521 g/mol. The lowest BCUT2D eigenvalue weighted by Gasteiger charge is -2.14. The predicted octanol–water partition coefficient (Wildman–Crippen LogP) is 2.82. The van der Waals surface area contributed by atoms with Crippen LogP contribution in [0.25, 0.3) is 0 Å². The molecule has 11 heteroatoms. The van der Waals surface area contributed by atoms with Gasteiger partial charge >= 0.3 is 5.97 Å². The first-order chi connectivity index (χ1) is 18.4. The summed E-state index contributed by atoms with van der Waals surface area (Å²) in [6.07, 6.45) is 1.41. The number of amides is 2. The van der Waals surface area contributed by atoms with E-state index in [1.807, 2.05) is 0 Å². The molecule has 0 bridgehead atoms. The summed E-state index contributed by atoms with van der Waals surface area (Å²) in [7, 11) is 5.87. The number of nitrogens with one attached hydrogen (secondary N) is 2. The largest absolute Gasteiger partial charge is 0.497 e. The predicted molar refractivity (Wildman–Crippen MR) is 139 cm³/mol.